The molecule has 0 unspecified atom stereocenters. The van der Waals surface area contributed by atoms with Gasteiger partial charge in [0.15, 0.2) is 5.52 Å². The molecule has 1 aromatic heterocycles. The largest absolute Gasteiger partial charge is 0.378 e. The predicted octanol–water partition coefficient (Wildman–Crippen LogP) is 2.62. The fraction of sp³-hybridized carbons (Fsp3) is 0.286. The predicted molar refractivity (Wildman–Crippen MR) is 71.0 cm³/mol. The summed E-state index contributed by atoms with van der Waals surface area (Å²) in [6.07, 6.45) is 0. The Labute approximate surface area is 106 Å². The van der Waals surface area contributed by atoms with Gasteiger partial charge in [0.25, 0.3) is 5.82 Å². The number of anilines is 1. The Morgan fingerprint density at radius 3 is 2.78 bits per heavy atom. The molecule has 1 aliphatic heterocycles. The lowest BCUT2D eigenvalue weighted by atomic mass is 10.2. The molecule has 2 aromatic rings. The number of rotatable bonds is 1. The molecule has 0 amide bonds. The number of morpholine rings is 1. The fourth-order valence-corrected chi connectivity index (χ4v) is 2.21. The molecule has 18 heavy (non-hydrogen) atoms. The second-order valence-corrected chi connectivity index (χ2v) is 4.24. The van der Waals surface area contributed by atoms with Gasteiger partial charge in [-0.15, -0.1) is 4.98 Å². The molecule has 0 atom stereocenters. The van der Waals surface area contributed by atoms with Crippen LogP contribution in [0.3, 0.4) is 0 Å². The zero-order valence-electron chi connectivity index (χ0n) is 9.97. The Hall–Kier alpha value is -2.12. The first kappa shape index (κ1) is 11.0. The molecule has 1 fully saturated rings. The van der Waals surface area contributed by atoms with E-state index >= 15 is 0 Å². The first-order valence-corrected chi connectivity index (χ1v) is 5.98. The molecule has 4 heteroatoms. The maximum Gasteiger partial charge on any atom is 0.293 e. The normalized spacial score (nSPS) is 15.6. The molecule has 0 radical (unpaired) electrons. The summed E-state index contributed by atoms with van der Waals surface area (Å²) in [5.41, 5.74) is 1.80. The molecular formula is C14H13N3O. The average Bonchev–Trinajstić information content (AvgIpc) is 2.46. The highest BCUT2D eigenvalue weighted by Crippen LogP contribution is 2.31. The van der Waals surface area contributed by atoms with Crippen LogP contribution in [0.1, 0.15) is 0 Å². The Balaban J connectivity index is 2.11. The van der Waals surface area contributed by atoms with Crippen molar-refractivity contribution in [2.24, 2.45) is 0 Å². The van der Waals surface area contributed by atoms with Gasteiger partial charge in [0.1, 0.15) is 0 Å². The molecule has 0 spiro atoms. The van der Waals surface area contributed by atoms with Crippen LogP contribution in [-0.2, 0) is 4.74 Å². The molecule has 0 saturated carbocycles. The molecule has 0 aliphatic carbocycles. The molecule has 4 nitrogen and oxygen atoms in total. The van der Waals surface area contributed by atoms with Crippen molar-refractivity contribution >= 4 is 22.4 Å². The minimum Gasteiger partial charge on any atom is -0.378 e. The third-order valence-electron chi connectivity index (χ3n) is 3.14. The lowest BCUT2D eigenvalue weighted by Crippen LogP contribution is -2.36. The van der Waals surface area contributed by atoms with E-state index in [9.17, 15) is 0 Å². The van der Waals surface area contributed by atoms with E-state index in [1.54, 1.807) is 0 Å². The van der Waals surface area contributed by atoms with Crippen molar-refractivity contribution in [3.63, 3.8) is 0 Å². The van der Waals surface area contributed by atoms with E-state index in [-0.39, 0.29) is 0 Å². The van der Waals surface area contributed by atoms with Crippen LogP contribution < -0.4 is 4.90 Å². The second-order valence-electron chi connectivity index (χ2n) is 4.24. The van der Waals surface area contributed by atoms with E-state index in [0.717, 1.165) is 29.7 Å². The van der Waals surface area contributed by atoms with E-state index < -0.39 is 0 Å². The highest BCUT2D eigenvalue weighted by atomic mass is 16.5. The second kappa shape index (κ2) is 4.63. The summed E-state index contributed by atoms with van der Waals surface area (Å²) in [6.45, 7) is 10.4. The van der Waals surface area contributed by atoms with Crippen LogP contribution in [0.2, 0.25) is 0 Å². The van der Waals surface area contributed by atoms with Gasteiger partial charge in [-0.25, -0.2) is 0 Å². The standard InChI is InChI=1S/C14H13N3O/c1-15-14-13(17-6-8-18-9-7-17)10-11-4-2-3-5-12(11)16-14/h2-5,10H,6-9H2. The van der Waals surface area contributed by atoms with Gasteiger partial charge < -0.3 is 14.5 Å². The van der Waals surface area contributed by atoms with Crippen molar-refractivity contribution in [1.29, 1.82) is 0 Å². The molecule has 0 N–H and O–H groups in total. The summed E-state index contributed by atoms with van der Waals surface area (Å²) < 4.78 is 5.34. The summed E-state index contributed by atoms with van der Waals surface area (Å²) in [5.74, 6) is 0.482. The lowest BCUT2D eigenvalue weighted by Gasteiger charge is -2.29. The summed E-state index contributed by atoms with van der Waals surface area (Å²) >= 11 is 0. The number of benzene rings is 1. The van der Waals surface area contributed by atoms with Gasteiger partial charge in [-0.3, -0.25) is 0 Å². The van der Waals surface area contributed by atoms with Crippen molar-refractivity contribution in [1.82, 2.24) is 4.98 Å². The Kier molecular flexibility index (Phi) is 2.83. The third kappa shape index (κ3) is 1.89. The van der Waals surface area contributed by atoms with Gasteiger partial charge in [-0.2, -0.15) is 0 Å². The number of fused-ring (bicyclic) bond motifs is 1. The molecule has 1 aromatic carbocycles. The zero-order chi connectivity index (χ0) is 12.4. The maximum atomic E-state index is 7.28. The van der Waals surface area contributed by atoms with E-state index in [0.29, 0.717) is 19.0 Å². The van der Waals surface area contributed by atoms with Gasteiger partial charge in [0.05, 0.1) is 18.9 Å². The SMILES string of the molecule is [C-]#[N+]c1nc2ccccc2cc1N1CCOCC1. The van der Waals surface area contributed by atoms with Gasteiger partial charge in [0, 0.05) is 18.5 Å². The van der Waals surface area contributed by atoms with E-state index in [1.165, 1.54) is 0 Å². The topological polar surface area (TPSA) is 29.7 Å². The van der Waals surface area contributed by atoms with E-state index in [1.807, 2.05) is 24.3 Å². The number of pyridine rings is 1. The van der Waals surface area contributed by atoms with Crippen molar-refractivity contribution in [2.75, 3.05) is 31.2 Å². The first-order chi connectivity index (χ1) is 8.88. The van der Waals surface area contributed by atoms with Crippen LogP contribution in [0.4, 0.5) is 11.5 Å². The summed E-state index contributed by atoms with van der Waals surface area (Å²) in [4.78, 5) is 10.2. The first-order valence-electron chi connectivity index (χ1n) is 5.98. The van der Waals surface area contributed by atoms with Crippen molar-refractivity contribution in [3.8, 4) is 0 Å². The number of para-hydroxylation sites is 1. The fourth-order valence-electron chi connectivity index (χ4n) is 2.21. The number of nitrogens with zero attached hydrogens (tertiary/aromatic N) is 3. The lowest BCUT2D eigenvalue weighted by molar-refractivity contribution is 0.123. The number of aromatic nitrogens is 1. The average molecular weight is 239 g/mol. The number of hydrogen-bond acceptors (Lipinski definition) is 3. The van der Waals surface area contributed by atoms with Gasteiger partial charge >= 0.3 is 0 Å². The van der Waals surface area contributed by atoms with Gasteiger partial charge in [0.2, 0.25) is 0 Å². The highest BCUT2D eigenvalue weighted by molar-refractivity contribution is 5.87. The van der Waals surface area contributed by atoms with E-state index in [2.05, 4.69) is 20.8 Å². The number of ether oxygens (including phenoxy) is 1. The minimum absolute atomic E-state index is 0.482. The minimum atomic E-state index is 0.482. The van der Waals surface area contributed by atoms with Crippen LogP contribution in [-0.4, -0.2) is 31.3 Å². The smallest absolute Gasteiger partial charge is 0.293 e. The summed E-state index contributed by atoms with van der Waals surface area (Å²) in [7, 11) is 0. The highest BCUT2D eigenvalue weighted by Gasteiger charge is 2.17. The van der Waals surface area contributed by atoms with Crippen LogP contribution in [0.25, 0.3) is 15.7 Å². The molecule has 90 valence electrons. The molecular weight excluding hydrogens is 226 g/mol. The Bertz CT molecular complexity index is 612. The number of hydrogen-bond donors (Lipinski definition) is 0. The summed E-state index contributed by atoms with van der Waals surface area (Å²) in [6, 6.07) is 9.95. The van der Waals surface area contributed by atoms with Gasteiger partial charge in [-0.1, -0.05) is 24.8 Å². The summed E-state index contributed by atoms with van der Waals surface area (Å²) in [5, 5.41) is 1.08. The van der Waals surface area contributed by atoms with Crippen LogP contribution >= 0.6 is 0 Å². The third-order valence-corrected chi connectivity index (χ3v) is 3.14. The monoisotopic (exact) mass is 239 g/mol. The maximum absolute atomic E-state index is 7.28. The van der Waals surface area contributed by atoms with Crippen LogP contribution in [0, 0.1) is 6.57 Å². The van der Waals surface area contributed by atoms with Crippen molar-refractivity contribution < 1.29 is 4.74 Å². The molecule has 0 bridgehead atoms. The van der Waals surface area contributed by atoms with Crippen LogP contribution in [0.5, 0.6) is 0 Å². The molecule has 2 heterocycles. The Morgan fingerprint density at radius 1 is 1.22 bits per heavy atom. The van der Waals surface area contributed by atoms with Crippen molar-refractivity contribution in [2.45, 2.75) is 0 Å². The quantitative estimate of drug-likeness (QED) is 0.716. The van der Waals surface area contributed by atoms with Gasteiger partial charge in [-0.05, 0) is 12.1 Å². The van der Waals surface area contributed by atoms with Crippen molar-refractivity contribution in [3.05, 3.63) is 41.7 Å². The molecule has 3 rings (SSSR count). The zero-order valence-corrected chi connectivity index (χ0v) is 9.97. The Morgan fingerprint density at radius 2 is 2.00 bits per heavy atom. The molecule has 1 aliphatic rings. The molecule has 1 saturated heterocycles. The van der Waals surface area contributed by atoms with E-state index in [4.69, 9.17) is 11.3 Å². The van der Waals surface area contributed by atoms with Crippen LogP contribution in [0.15, 0.2) is 30.3 Å².